The highest BCUT2D eigenvalue weighted by Gasteiger charge is 2.12. The standard InChI is InChI=1S/C20H15FN6O/c1-26-19-17(10-23-26)20-24-18(25-27(20)12-22-19)14-4-2-13(3-5-14)11-28-16-8-6-15(21)7-9-16/h2-10,12H,11H2,1H3. The van der Waals surface area contributed by atoms with Crippen LogP contribution in [0.4, 0.5) is 4.39 Å². The Morgan fingerprint density at radius 1 is 1.00 bits per heavy atom. The van der Waals surface area contributed by atoms with E-state index in [4.69, 9.17) is 4.74 Å². The van der Waals surface area contributed by atoms with E-state index in [-0.39, 0.29) is 5.82 Å². The van der Waals surface area contributed by atoms with Crippen LogP contribution in [0.15, 0.2) is 61.1 Å². The van der Waals surface area contributed by atoms with Gasteiger partial charge in [0, 0.05) is 12.6 Å². The molecule has 0 amide bonds. The van der Waals surface area contributed by atoms with Crippen molar-refractivity contribution in [3.63, 3.8) is 0 Å². The van der Waals surface area contributed by atoms with Gasteiger partial charge in [-0.15, -0.1) is 5.10 Å². The van der Waals surface area contributed by atoms with Crippen LogP contribution in [0.5, 0.6) is 5.75 Å². The summed E-state index contributed by atoms with van der Waals surface area (Å²) in [5.74, 6) is 0.958. The number of ether oxygens (including phenoxy) is 1. The van der Waals surface area contributed by atoms with E-state index in [1.807, 2.05) is 31.3 Å². The number of nitrogens with zero attached hydrogens (tertiary/aromatic N) is 6. The van der Waals surface area contributed by atoms with Gasteiger partial charge in [0.2, 0.25) is 0 Å². The average Bonchev–Trinajstić information content (AvgIpc) is 3.32. The highest BCUT2D eigenvalue weighted by atomic mass is 19.1. The van der Waals surface area contributed by atoms with Gasteiger partial charge in [0.15, 0.2) is 17.1 Å². The number of hydrogen-bond donors (Lipinski definition) is 0. The van der Waals surface area contributed by atoms with Crippen LogP contribution in [-0.4, -0.2) is 29.4 Å². The second-order valence-corrected chi connectivity index (χ2v) is 6.39. The number of halogens is 1. The van der Waals surface area contributed by atoms with E-state index in [9.17, 15) is 4.39 Å². The summed E-state index contributed by atoms with van der Waals surface area (Å²) < 4.78 is 22.0. The third-order valence-corrected chi connectivity index (χ3v) is 4.50. The molecule has 0 aliphatic carbocycles. The maximum absolute atomic E-state index is 12.9. The molecule has 7 nitrogen and oxygen atoms in total. The monoisotopic (exact) mass is 374 g/mol. The van der Waals surface area contributed by atoms with Gasteiger partial charge in [0.25, 0.3) is 0 Å². The number of rotatable bonds is 4. The molecule has 2 aromatic carbocycles. The topological polar surface area (TPSA) is 70.1 Å². The molecule has 0 atom stereocenters. The minimum absolute atomic E-state index is 0.282. The number of hydrogen-bond acceptors (Lipinski definition) is 5. The van der Waals surface area contributed by atoms with Crippen molar-refractivity contribution in [1.82, 2.24) is 29.4 Å². The van der Waals surface area contributed by atoms with Crippen molar-refractivity contribution in [3.8, 4) is 17.1 Å². The van der Waals surface area contributed by atoms with E-state index < -0.39 is 0 Å². The van der Waals surface area contributed by atoms with E-state index in [2.05, 4.69) is 20.2 Å². The van der Waals surface area contributed by atoms with Gasteiger partial charge in [-0.25, -0.2) is 18.9 Å². The molecule has 0 aliphatic rings. The van der Waals surface area contributed by atoms with E-state index >= 15 is 0 Å². The summed E-state index contributed by atoms with van der Waals surface area (Å²) in [6.07, 6.45) is 3.38. The summed E-state index contributed by atoms with van der Waals surface area (Å²) in [4.78, 5) is 9.02. The molecule has 0 saturated heterocycles. The first-order chi connectivity index (χ1) is 13.7. The maximum atomic E-state index is 12.9. The second-order valence-electron chi connectivity index (χ2n) is 6.39. The third-order valence-electron chi connectivity index (χ3n) is 4.50. The van der Waals surface area contributed by atoms with E-state index in [1.54, 1.807) is 33.9 Å². The highest BCUT2D eigenvalue weighted by Crippen LogP contribution is 2.21. The molecule has 28 heavy (non-hydrogen) atoms. The van der Waals surface area contributed by atoms with Gasteiger partial charge in [0.05, 0.1) is 11.6 Å². The van der Waals surface area contributed by atoms with Gasteiger partial charge < -0.3 is 4.74 Å². The average molecular weight is 374 g/mol. The Morgan fingerprint density at radius 3 is 2.57 bits per heavy atom. The fourth-order valence-electron chi connectivity index (χ4n) is 3.01. The van der Waals surface area contributed by atoms with Crippen molar-refractivity contribution in [2.24, 2.45) is 7.05 Å². The predicted octanol–water partition coefficient (Wildman–Crippen LogP) is 3.40. The minimum atomic E-state index is -0.282. The summed E-state index contributed by atoms with van der Waals surface area (Å²) in [7, 11) is 1.84. The molecule has 0 aliphatic heterocycles. The lowest BCUT2D eigenvalue weighted by Crippen LogP contribution is -1.95. The summed E-state index contributed by atoms with van der Waals surface area (Å²) in [6, 6.07) is 13.8. The highest BCUT2D eigenvalue weighted by molar-refractivity contribution is 5.88. The van der Waals surface area contributed by atoms with Crippen LogP contribution in [0.1, 0.15) is 5.56 Å². The molecule has 0 saturated carbocycles. The number of fused-ring (bicyclic) bond motifs is 3. The van der Waals surface area contributed by atoms with Gasteiger partial charge in [-0.2, -0.15) is 5.10 Å². The minimum Gasteiger partial charge on any atom is -0.489 e. The molecule has 0 N–H and O–H groups in total. The van der Waals surface area contributed by atoms with Gasteiger partial charge in [0.1, 0.15) is 24.5 Å². The largest absolute Gasteiger partial charge is 0.489 e. The van der Waals surface area contributed by atoms with Gasteiger partial charge >= 0.3 is 0 Å². The second kappa shape index (κ2) is 6.41. The summed E-state index contributed by atoms with van der Waals surface area (Å²) in [5, 5.41) is 9.60. The Labute approximate surface area is 159 Å². The first kappa shape index (κ1) is 16.4. The smallest absolute Gasteiger partial charge is 0.182 e. The van der Waals surface area contributed by atoms with Crippen molar-refractivity contribution in [3.05, 3.63) is 72.4 Å². The van der Waals surface area contributed by atoms with Gasteiger partial charge in [-0.05, 0) is 29.8 Å². The Bertz CT molecular complexity index is 1270. The van der Waals surface area contributed by atoms with Crippen LogP contribution in [0, 0.1) is 5.82 Å². The van der Waals surface area contributed by atoms with E-state index in [1.165, 1.54) is 12.1 Å². The molecule has 0 spiro atoms. The molecule has 138 valence electrons. The lowest BCUT2D eigenvalue weighted by molar-refractivity contribution is 0.306. The fraction of sp³-hybridized carbons (Fsp3) is 0.100. The lowest BCUT2D eigenvalue weighted by Gasteiger charge is -2.06. The zero-order chi connectivity index (χ0) is 19.1. The van der Waals surface area contributed by atoms with Crippen LogP contribution < -0.4 is 4.74 Å². The van der Waals surface area contributed by atoms with Gasteiger partial charge in [-0.1, -0.05) is 24.3 Å². The molecule has 5 rings (SSSR count). The Kier molecular flexibility index (Phi) is 3.75. The van der Waals surface area contributed by atoms with Crippen LogP contribution in [0.2, 0.25) is 0 Å². The molecule has 0 radical (unpaired) electrons. The first-order valence-corrected chi connectivity index (χ1v) is 8.68. The molecule has 0 fully saturated rings. The van der Waals surface area contributed by atoms with Crippen LogP contribution in [0.3, 0.4) is 0 Å². The van der Waals surface area contributed by atoms with Crippen molar-refractivity contribution in [2.45, 2.75) is 6.61 Å². The van der Waals surface area contributed by atoms with E-state index in [0.717, 1.165) is 27.8 Å². The number of aromatic nitrogens is 6. The summed E-state index contributed by atoms with van der Waals surface area (Å²) in [6.45, 7) is 0.394. The zero-order valence-electron chi connectivity index (χ0n) is 15.0. The Morgan fingerprint density at radius 2 is 1.79 bits per heavy atom. The molecule has 0 unspecified atom stereocenters. The van der Waals surface area contributed by atoms with Crippen LogP contribution in [-0.2, 0) is 13.7 Å². The zero-order valence-corrected chi connectivity index (χ0v) is 15.0. The van der Waals surface area contributed by atoms with Crippen LogP contribution >= 0.6 is 0 Å². The summed E-state index contributed by atoms with van der Waals surface area (Å²) >= 11 is 0. The van der Waals surface area contributed by atoms with Crippen molar-refractivity contribution >= 4 is 16.7 Å². The van der Waals surface area contributed by atoms with E-state index in [0.29, 0.717) is 18.2 Å². The SMILES string of the molecule is Cn1ncc2c1ncn1nc(-c3ccc(COc4ccc(F)cc4)cc3)nc21. The molecule has 8 heteroatoms. The third kappa shape index (κ3) is 2.84. The quantitative estimate of drug-likeness (QED) is 0.482. The van der Waals surface area contributed by atoms with Crippen LogP contribution in [0.25, 0.3) is 28.1 Å². The van der Waals surface area contributed by atoms with Crippen molar-refractivity contribution < 1.29 is 9.13 Å². The number of aryl methyl sites for hydroxylation is 1. The molecular formula is C20H15FN6O. The molecule has 3 aromatic heterocycles. The lowest BCUT2D eigenvalue weighted by atomic mass is 10.1. The van der Waals surface area contributed by atoms with Crippen molar-refractivity contribution in [2.75, 3.05) is 0 Å². The molecule has 3 heterocycles. The maximum Gasteiger partial charge on any atom is 0.182 e. The normalized spacial score (nSPS) is 11.4. The molecular weight excluding hydrogens is 359 g/mol. The first-order valence-electron chi connectivity index (χ1n) is 8.68. The predicted molar refractivity (Wildman–Crippen MR) is 101 cm³/mol. The molecule has 5 aromatic rings. The fourth-order valence-corrected chi connectivity index (χ4v) is 3.01. The van der Waals surface area contributed by atoms with Crippen molar-refractivity contribution in [1.29, 1.82) is 0 Å². The summed E-state index contributed by atoms with van der Waals surface area (Å²) in [5.41, 5.74) is 3.37. The Balaban J connectivity index is 1.39. The Hall–Kier alpha value is -3.81. The molecule has 0 bridgehead atoms. The number of benzene rings is 2. The van der Waals surface area contributed by atoms with Gasteiger partial charge in [-0.3, -0.25) is 4.68 Å².